The van der Waals surface area contributed by atoms with Crippen molar-refractivity contribution in [3.8, 4) is 0 Å². The summed E-state index contributed by atoms with van der Waals surface area (Å²) in [5, 5.41) is 2.91. The first-order valence-corrected chi connectivity index (χ1v) is 7.98. The quantitative estimate of drug-likeness (QED) is 0.754. The van der Waals surface area contributed by atoms with Crippen LogP contribution in [0.4, 0.5) is 5.13 Å². The smallest absolute Gasteiger partial charge is 0.311 e. The molecule has 1 aliphatic heterocycles. The summed E-state index contributed by atoms with van der Waals surface area (Å²) in [7, 11) is 1.40. The summed E-state index contributed by atoms with van der Waals surface area (Å²) in [6, 6.07) is 0. The number of esters is 1. The molecule has 2 heterocycles. The fourth-order valence-corrected chi connectivity index (χ4v) is 3.14. The van der Waals surface area contributed by atoms with E-state index in [1.54, 1.807) is 11.3 Å². The summed E-state index contributed by atoms with van der Waals surface area (Å²) < 4.78 is 10.5. The highest BCUT2D eigenvalue weighted by atomic mass is 32.1. The molecule has 0 saturated carbocycles. The van der Waals surface area contributed by atoms with Crippen LogP contribution in [-0.2, 0) is 20.7 Å². The summed E-state index contributed by atoms with van der Waals surface area (Å²) in [6.07, 6.45) is 3.85. The van der Waals surface area contributed by atoms with Gasteiger partial charge in [-0.25, -0.2) is 4.98 Å². The van der Waals surface area contributed by atoms with E-state index in [1.165, 1.54) is 7.11 Å². The number of nitrogens with zero attached hydrogens (tertiary/aromatic N) is 2. The molecular weight excluding hydrogens is 276 g/mol. The maximum Gasteiger partial charge on any atom is 0.311 e. The highest BCUT2D eigenvalue weighted by molar-refractivity contribution is 7.13. The molecule has 1 saturated heterocycles. The molecule has 0 aromatic carbocycles. The Bertz CT molecular complexity index is 436. The largest absolute Gasteiger partial charge is 0.469 e. The molecule has 20 heavy (non-hydrogen) atoms. The summed E-state index contributed by atoms with van der Waals surface area (Å²) in [5.74, 6) is -0.246. The molecule has 1 aliphatic rings. The highest BCUT2D eigenvalue weighted by Gasteiger charge is 2.22. The van der Waals surface area contributed by atoms with Gasteiger partial charge in [-0.2, -0.15) is 0 Å². The number of carbonyl (C=O) groups is 1. The molecule has 0 amide bonds. The van der Waals surface area contributed by atoms with Crippen LogP contribution in [0.3, 0.4) is 0 Å². The summed E-state index contributed by atoms with van der Waals surface area (Å²) in [4.78, 5) is 18.0. The van der Waals surface area contributed by atoms with Crippen LogP contribution in [0.15, 0.2) is 5.38 Å². The van der Waals surface area contributed by atoms with Gasteiger partial charge in [0.25, 0.3) is 0 Å². The van der Waals surface area contributed by atoms with Crippen molar-refractivity contribution in [1.29, 1.82) is 0 Å². The van der Waals surface area contributed by atoms with Crippen molar-refractivity contribution in [1.82, 2.24) is 4.98 Å². The molecule has 0 aliphatic carbocycles. The highest BCUT2D eigenvalue weighted by Crippen LogP contribution is 2.25. The van der Waals surface area contributed by atoms with Gasteiger partial charge in [-0.1, -0.05) is 6.92 Å². The zero-order valence-corrected chi connectivity index (χ0v) is 12.9. The molecule has 1 unspecified atom stereocenters. The van der Waals surface area contributed by atoms with E-state index < -0.39 is 0 Å². The molecule has 2 rings (SSSR count). The number of ether oxygens (including phenoxy) is 2. The van der Waals surface area contributed by atoms with Crippen molar-refractivity contribution in [2.75, 3.05) is 31.7 Å². The SMILES string of the molecule is CCCOC1CCCN(c2nc(CC(=O)OC)cs2)C1. The Balaban J connectivity index is 1.91. The lowest BCUT2D eigenvalue weighted by Crippen LogP contribution is -2.39. The fourth-order valence-electron chi connectivity index (χ4n) is 2.28. The van der Waals surface area contributed by atoms with Gasteiger partial charge in [-0.05, 0) is 19.3 Å². The van der Waals surface area contributed by atoms with Crippen molar-refractivity contribution in [3.05, 3.63) is 11.1 Å². The minimum atomic E-state index is -0.246. The molecule has 1 atom stereocenters. The molecule has 1 aromatic rings. The number of piperidine rings is 1. The zero-order valence-electron chi connectivity index (χ0n) is 12.1. The van der Waals surface area contributed by atoms with Gasteiger partial charge in [-0.3, -0.25) is 4.79 Å². The van der Waals surface area contributed by atoms with Crippen LogP contribution in [0.1, 0.15) is 31.9 Å². The van der Waals surface area contributed by atoms with E-state index in [9.17, 15) is 4.79 Å². The van der Waals surface area contributed by atoms with E-state index in [0.717, 1.165) is 49.8 Å². The van der Waals surface area contributed by atoms with Crippen molar-refractivity contribution in [2.45, 2.75) is 38.7 Å². The van der Waals surface area contributed by atoms with Crippen molar-refractivity contribution in [3.63, 3.8) is 0 Å². The van der Waals surface area contributed by atoms with Crippen LogP contribution >= 0.6 is 11.3 Å². The zero-order chi connectivity index (χ0) is 14.4. The molecule has 6 heteroatoms. The second kappa shape index (κ2) is 7.59. The monoisotopic (exact) mass is 298 g/mol. The molecule has 5 nitrogen and oxygen atoms in total. The Hall–Kier alpha value is -1.14. The van der Waals surface area contributed by atoms with Crippen LogP contribution < -0.4 is 4.90 Å². The van der Waals surface area contributed by atoms with Gasteiger partial charge in [0, 0.05) is 25.1 Å². The van der Waals surface area contributed by atoms with Gasteiger partial charge in [0.05, 0.1) is 25.3 Å². The second-order valence-corrected chi connectivity index (χ2v) is 5.79. The van der Waals surface area contributed by atoms with E-state index in [2.05, 4.69) is 21.5 Å². The van der Waals surface area contributed by atoms with Crippen molar-refractivity contribution in [2.24, 2.45) is 0 Å². The minimum Gasteiger partial charge on any atom is -0.469 e. The van der Waals surface area contributed by atoms with Crippen LogP contribution in [0, 0.1) is 0 Å². The molecule has 112 valence electrons. The maximum atomic E-state index is 11.2. The molecule has 0 spiro atoms. The molecule has 0 N–H and O–H groups in total. The maximum absolute atomic E-state index is 11.2. The summed E-state index contributed by atoms with van der Waals surface area (Å²) >= 11 is 1.59. The third-order valence-corrected chi connectivity index (χ3v) is 4.25. The lowest BCUT2D eigenvalue weighted by atomic mass is 10.1. The molecular formula is C14H22N2O3S. The number of carbonyl (C=O) groups excluding carboxylic acids is 1. The van der Waals surface area contributed by atoms with E-state index in [4.69, 9.17) is 4.74 Å². The van der Waals surface area contributed by atoms with E-state index >= 15 is 0 Å². The Labute approximate surface area is 123 Å². The van der Waals surface area contributed by atoms with Gasteiger partial charge >= 0.3 is 5.97 Å². The number of thiazole rings is 1. The fraction of sp³-hybridized carbons (Fsp3) is 0.714. The Kier molecular flexibility index (Phi) is 5.79. The number of hydrogen-bond donors (Lipinski definition) is 0. The van der Waals surface area contributed by atoms with Gasteiger partial charge in [0.2, 0.25) is 0 Å². The standard InChI is InChI=1S/C14H22N2O3S/c1-3-7-19-12-5-4-6-16(9-12)14-15-11(10-20-14)8-13(17)18-2/h10,12H,3-9H2,1-2H3. The first-order valence-electron chi connectivity index (χ1n) is 7.10. The minimum absolute atomic E-state index is 0.246. The molecule has 0 bridgehead atoms. The number of rotatable bonds is 6. The van der Waals surface area contributed by atoms with Crippen LogP contribution in [0.25, 0.3) is 0 Å². The first kappa shape index (κ1) is 15.3. The van der Waals surface area contributed by atoms with Gasteiger partial charge < -0.3 is 14.4 Å². The van der Waals surface area contributed by atoms with Crippen LogP contribution in [-0.4, -0.2) is 43.9 Å². The lowest BCUT2D eigenvalue weighted by molar-refractivity contribution is -0.139. The predicted octanol–water partition coefficient (Wildman–Crippen LogP) is 2.25. The number of aromatic nitrogens is 1. The predicted molar refractivity (Wildman–Crippen MR) is 79.3 cm³/mol. The lowest BCUT2D eigenvalue weighted by Gasteiger charge is -2.32. The average Bonchev–Trinajstić information content (AvgIpc) is 2.93. The van der Waals surface area contributed by atoms with E-state index in [-0.39, 0.29) is 12.4 Å². The van der Waals surface area contributed by atoms with Gasteiger partial charge in [0.1, 0.15) is 0 Å². The molecule has 1 aromatic heterocycles. The van der Waals surface area contributed by atoms with Crippen LogP contribution in [0.2, 0.25) is 0 Å². The number of anilines is 1. The summed E-state index contributed by atoms with van der Waals surface area (Å²) in [5.41, 5.74) is 0.786. The normalized spacial score (nSPS) is 19.1. The topological polar surface area (TPSA) is 51.7 Å². The Morgan fingerprint density at radius 1 is 1.60 bits per heavy atom. The van der Waals surface area contributed by atoms with Crippen molar-refractivity contribution >= 4 is 22.4 Å². The van der Waals surface area contributed by atoms with E-state index in [1.807, 2.05) is 5.38 Å². The van der Waals surface area contributed by atoms with Crippen LogP contribution in [0.5, 0.6) is 0 Å². The number of methoxy groups -OCH3 is 1. The second-order valence-electron chi connectivity index (χ2n) is 4.96. The van der Waals surface area contributed by atoms with Gasteiger partial charge in [0.15, 0.2) is 5.13 Å². The van der Waals surface area contributed by atoms with Crippen molar-refractivity contribution < 1.29 is 14.3 Å². The molecule has 0 radical (unpaired) electrons. The number of hydrogen-bond acceptors (Lipinski definition) is 6. The van der Waals surface area contributed by atoms with Gasteiger partial charge in [-0.15, -0.1) is 11.3 Å². The molecule has 1 fully saturated rings. The summed E-state index contributed by atoms with van der Waals surface area (Å²) in [6.45, 7) is 4.85. The Morgan fingerprint density at radius 3 is 3.20 bits per heavy atom. The third kappa shape index (κ3) is 4.18. The Morgan fingerprint density at radius 2 is 2.45 bits per heavy atom. The third-order valence-electron chi connectivity index (χ3n) is 3.30. The average molecular weight is 298 g/mol. The first-order chi connectivity index (χ1) is 9.72. The van der Waals surface area contributed by atoms with E-state index in [0.29, 0.717) is 6.10 Å².